The molecule has 0 aliphatic heterocycles. The first-order valence-corrected chi connectivity index (χ1v) is 4.34. The fourth-order valence-electron chi connectivity index (χ4n) is 1.00. The zero-order chi connectivity index (χ0) is 10.6. The molecule has 3 heteroatoms. The second-order valence-electron chi connectivity index (χ2n) is 3.27. The molecule has 0 spiro atoms. The van der Waals surface area contributed by atoms with Crippen LogP contribution in [0.1, 0.15) is 10.4 Å². The van der Waals surface area contributed by atoms with E-state index in [9.17, 15) is 4.79 Å². The molecule has 2 N–H and O–H groups in total. The zero-order valence-electron chi connectivity index (χ0n) is 8.40. The standard InChI is InChI=1S/C11H14N2O/c1-13(2)7-6-11(14)9-4-3-5-10(12)8-9/h3-8H,12H2,1-2H3. The molecule has 0 aromatic heterocycles. The number of benzene rings is 1. The van der Waals surface area contributed by atoms with Crippen LogP contribution in [0, 0.1) is 0 Å². The average Bonchev–Trinajstić information content (AvgIpc) is 2.14. The van der Waals surface area contributed by atoms with Crippen molar-refractivity contribution < 1.29 is 4.79 Å². The van der Waals surface area contributed by atoms with Gasteiger partial charge < -0.3 is 10.6 Å². The highest BCUT2D eigenvalue weighted by molar-refractivity contribution is 6.04. The van der Waals surface area contributed by atoms with Gasteiger partial charge in [-0.25, -0.2) is 0 Å². The number of allylic oxidation sites excluding steroid dienone is 1. The molecule has 0 unspecified atom stereocenters. The van der Waals surface area contributed by atoms with Crippen LogP contribution in [0.25, 0.3) is 0 Å². The largest absolute Gasteiger partial charge is 0.399 e. The summed E-state index contributed by atoms with van der Waals surface area (Å²) in [5.74, 6) is -0.0361. The topological polar surface area (TPSA) is 46.3 Å². The van der Waals surface area contributed by atoms with Gasteiger partial charge in [0.25, 0.3) is 0 Å². The third kappa shape index (κ3) is 2.94. The Morgan fingerprint density at radius 1 is 1.43 bits per heavy atom. The van der Waals surface area contributed by atoms with Crippen LogP contribution in [0.5, 0.6) is 0 Å². The van der Waals surface area contributed by atoms with E-state index in [2.05, 4.69) is 0 Å². The number of carbonyl (C=O) groups is 1. The summed E-state index contributed by atoms with van der Waals surface area (Å²) in [6, 6.07) is 6.94. The molecule has 0 saturated heterocycles. The molecule has 74 valence electrons. The number of anilines is 1. The van der Waals surface area contributed by atoms with Crippen molar-refractivity contribution in [2.45, 2.75) is 0 Å². The Morgan fingerprint density at radius 3 is 2.71 bits per heavy atom. The van der Waals surface area contributed by atoms with Gasteiger partial charge in [-0.3, -0.25) is 4.79 Å². The SMILES string of the molecule is CN(C)C=CC(=O)c1cccc(N)c1. The van der Waals surface area contributed by atoms with Gasteiger partial charge in [0, 0.05) is 37.6 Å². The van der Waals surface area contributed by atoms with E-state index < -0.39 is 0 Å². The normalized spacial score (nSPS) is 10.4. The second-order valence-corrected chi connectivity index (χ2v) is 3.27. The average molecular weight is 190 g/mol. The van der Waals surface area contributed by atoms with Crippen LogP contribution in [0.3, 0.4) is 0 Å². The van der Waals surface area contributed by atoms with E-state index in [0.29, 0.717) is 11.3 Å². The van der Waals surface area contributed by atoms with Crippen molar-refractivity contribution in [2.24, 2.45) is 0 Å². The van der Waals surface area contributed by atoms with Crippen LogP contribution in [0.2, 0.25) is 0 Å². The summed E-state index contributed by atoms with van der Waals surface area (Å²) in [6.45, 7) is 0. The van der Waals surface area contributed by atoms with E-state index in [1.165, 1.54) is 6.08 Å². The third-order valence-electron chi connectivity index (χ3n) is 1.70. The fraction of sp³-hybridized carbons (Fsp3) is 0.182. The van der Waals surface area contributed by atoms with Crippen molar-refractivity contribution in [1.29, 1.82) is 0 Å². The van der Waals surface area contributed by atoms with Crippen LogP contribution < -0.4 is 5.73 Å². The maximum absolute atomic E-state index is 11.5. The van der Waals surface area contributed by atoms with Gasteiger partial charge in [-0.05, 0) is 12.1 Å². The van der Waals surface area contributed by atoms with Crippen LogP contribution in [0.4, 0.5) is 5.69 Å². The second kappa shape index (κ2) is 4.46. The van der Waals surface area contributed by atoms with Crippen molar-refractivity contribution in [1.82, 2.24) is 4.90 Å². The molecule has 0 heterocycles. The van der Waals surface area contributed by atoms with Gasteiger partial charge in [-0.1, -0.05) is 12.1 Å². The molecule has 14 heavy (non-hydrogen) atoms. The van der Waals surface area contributed by atoms with Gasteiger partial charge in [0.05, 0.1) is 0 Å². The lowest BCUT2D eigenvalue weighted by atomic mass is 10.1. The molecule has 0 bridgehead atoms. The number of nitrogen functional groups attached to an aromatic ring is 1. The van der Waals surface area contributed by atoms with Crippen molar-refractivity contribution in [3.8, 4) is 0 Å². The van der Waals surface area contributed by atoms with E-state index in [1.54, 1.807) is 30.5 Å². The number of ketones is 1. The molecule has 3 nitrogen and oxygen atoms in total. The monoisotopic (exact) mass is 190 g/mol. The van der Waals surface area contributed by atoms with E-state index in [4.69, 9.17) is 5.73 Å². The number of nitrogens with zero attached hydrogens (tertiary/aromatic N) is 1. The zero-order valence-corrected chi connectivity index (χ0v) is 8.40. The molecule has 0 saturated carbocycles. The first-order chi connectivity index (χ1) is 6.59. The highest BCUT2D eigenvalue weighted by atomic mass is 16.1. The van der Waals surface area contributed by atoms with E-state index >= 15 is 0 Å². The third-order valence-corrected chi connectivity index (χ3v) is 1.70. The van der Waals surface area contributed by atoms with Gasteiger partial charge in [-0.2, -0.15) is 0 Å². The summed E-state index contributed by atoms with van der Waals surface area (Å²) < 4.78 is 0. The van der Waals surface area contributed by atoms with E-state index in [-0.39, 0.29) is 5.78 Å². The Kier molecular flexibility index (Phi) is 3.29. The predicted octanol–water partition coefficient (Wildman–Crippen LogP) is 1.53. The molecule has 0 radical (unpaired) electrons. The summed E-state index contributed by atoms with van der Waals surface area (Å²) in [5.41, 5.74) is 6.79. The molecule has 0 amide bonds. The molecule has 0 aliphatic carbocycles. The minimum Gasteiger partial charge on any atom is -0.399 e. The van der Waals surface area contributed by atoms with Gasteiger partial charge in [0.1, 0.15) is 0 Å². The fourth-order valence-corrected chi connectivity index (χ4v) is 1.00. The molecule has 1 aromatic rings. The highest BCUT2D eigenvalue weighted by Gasteiger charge is 2.00. The minimum atomic E-state index is -0.0361. The Balaban J connectivity index is 2.80. The minimum absolute atomic E-state index is 0.0361. The van der Waals surface area contributed by atoms with Crippen molar-refractivity contribution in [3.63, 3.8) is 0 Å². The van der Waals surface area contributed by atoms with Crippen LogP contribution in [-0.4, -0.2) is 24.8 Å². The lowest BCUT2D eigenvalue weighted by Crippen LogP contribution is -2.03. The predicted molar refractivity (Wildman–Crippen MR) is 58.0 cm³/mol. The molecule has 0 aliphatic rings. The van der Waals surface area contributed by atoms with Crippen molar-refractivity contribution in [2.75, 3.05) is 19.8 Å². The van der Waals surface area contributed by atoms with Crippen LogP contribution in [0.15, 0.2) is 36.5 Å². The molecule has 1 rings (SSSR count). The summed E-state index contributed by atoms with van der Waals surface area (Å²) in [6.07, 6.45) is 3.24. The van der Waals surface area contributed by atoms with Crippen molar-refractivity contribution in [3.05, 3.63) is 42.1 Å². The Hall–Kier alpha value is -1.77. The molecular formula is C11H14N2O. The Morgan fingerprint density at radius 2 is 2.14 bits per heavy atom. The Bertz CT molecular complexity index is 356. The summed E-state index contributed by atoms with van der Waals surface area (Å²) in [7, 11) is 3.73. The van der Waals surface area contributed by atoms with E-state index in [0.717, 1.165) is 0 Å². The van der Waals surface area contributed by atoms with Crippen molar-refractivity contribution >= 4 is 11.5 Å². The lowest BCUT2D eigenvalue weighted by molar-refractivity contribution is 0.104. The quantitative estimate of drug-likeness (QED) is 0.446. The Labute approximate surface area is 83.8 Å². The lowest BCUT2D eigenvalue weighted by Gasteiger charge is -2.02. The summed E-state index contributed by atoms with van der Waals surface area (Å²) >= 11 is 0. The first kappa shape index (κ1) is 10.3. The van der Waals surface area contributed by atoms with Crippen LogP contribution in [-0.2, 0) is 0 Å². The van der Waals surface area contributed by atoms with Gasteiger partial charge in [0.2, 0.25) is 0 Å². The summed E-state index contributed by atoms with van der Waals surface area (Å²) in [4.78, 5) is 13.3. The smallest absolute Gasteiger partial charge is 0.187 e. The maximum atomic E-state index is 11.5. The number of hydrogen-bond donors (Lipinski definition) is 1. The molecular weight excluding hydrogens is 176 g/mol. The molecule has 0 fully saturated rings. The highest BCUT2D eigenvalue weighted by Crippen LogP contribution is 2.07. The first-order valence-electron chi connectivity index (χ1n) is 4.34. The number of carbonyl (C=O) groups excluding carboxylic acids is 1. The maximum Gasteiger partial charge on any atom is 0.187 e. The summed E-state index contributed by atoms with van der Waals surface area (Å²) in [5, 5.41) is 0. The van der Waals surface area contributed by atoms with Gasteiger partial charge >= 0.3 is 0 Å². The van der Waals surface area contributed by atoms with E-state index in [1.807, 2.05) is 19.0 Å². The number of rotatable bonds is 3. The number of nitrogens with two attached hydrogens (primary N) is 1. The van der Waals surface area contributed by atoms with Crippen LogP contribution >= 0.6 is 0 Å². The molecule has 1 aromatic carbocycles. The van der Waals surface area contributed by atoms with Gasteiger partial charge in [0.15, 0.2) is 5.78 Å². The van der Waals surface area contributed by atoms with Gasteiger partial charge in [-0.15, -0.1) is 0 Å². The molecule has 0 atom stereocenters. The number of hydrogen-bond acceptors (Lipinski definition) is 3.